The quantitative estimate of drug-likeness (QED) is 0.907. The molecule has 3 rings (SSSR count). The van der Waals surface area contributed by atoms with Crippen LogP contribution < -0.4 is 11.1 Å². The number of hydrogen-bond acceptors (Lipinski definition) is 5. The largest absolute Gasteiger partial charge is 0.375 e. The SMILES string of the molecule is CSC1(CNC(=O)c2ccc3nc(N)sc3c2)CCCC1. The summed E-state index contributed by atoms with van der Waals surface area (Å²) < 4.78 is 1.19. The maximum absolute atomic E-state index is 12.3. The number of amides is 1. The van der Waals surface area contributed by atoms with Crippen LogP contribution in [0.3, 0.4) is 0 Å². The summed E-state index contributed by atoms with van der Waals surface area (Å²) in [4.78, 5) is 16.6. The van der Waals surface area contributed by atoms with Gasteiger partial charge in [0.2, 0.25) is 0 Å². The summed E-state index contributed by atoms with van der Waals surface area (Å²) in [6.45, 7) is 0.746. The number of thiazole rings is 1. The van der Waals surface area contributed by atoms with Gasteiger partial charge in [0.25, 0.3) is 5.91 Å². The van der Waals surface area contributed by atoms with Crippen molar-refractivity contribution in [2.24, 2.45) is 0 Å². The van der Waals surface area contributed by atoms with E-state index in [4.69, 9.17) is 5.73 Å². The molecule has 21 heavy (non-hydrogen) atoms. The Morgan fingerprint density at radius 3 is 2.95 bits per heavy atom. The zero-order valence-electron chi connectivity index (χ0n) is 12.0. The van der Waals surface area contributed by atoms with Crippen LogP contribution in [0.25, 0.3) is 10.2 Å². The number of anilines is 1. The fourth-order valence-electron chi connectivity index (χ4n) is 2.90. The molecule has 2 aromatic rings. The van der Waals surface area contributed by atoms with Crippen molar-refractivity contribution >= 4 is 44.4 Å². The Morgan fingerprint density at radius 1 is 1.48 bits per heavy atom. The Kier molecular flexibility index (Phi) is 4.08. The average molecular weight is 321 g/mol. The van der Waals surface area contributed by atoms with E-state index >= 15 is 0 Å². The second-order valence-electron chi connectivity index (χ2n) is 5.51. The van der Waals surface area contributed by atoms with Gasteiger partial charge in [0.15, 0.2) is 5.13 Å². The Morgan fingerprint density at radius 2 is 2.24 bits per heavy atom. The maximum atomic E-state index is 12.3. The van der Waals surface area contributed by atoms with Gasteiger partial charge in [-0.05, 0) is 37.3 Å². The third-order valence-corrected chi connectivity index (χ3v) is 6.45. The normalized spacial score (nSPS) is 17.2. The summed E-state index contributed by atoms with van der Waals surface area (Å²) >= 11 is 3.30. The van der Waals surface area contributed by atoms with Crippen LogP contribution in [0.4, 0.5) is 5.13 Å². The second kappa shape index (κ2) is 5.85. The summed E-state index contributed by atoms with van der Waals surface area (Å²) in [6.07, 6.45) is 7.06. The van der Waals surface area contributed by atoms with E-state index in [1.165, 1.54) is 37.0 Å². The molecule has 112 valence electrons. The Balaban J connectivity index is 1.71. The number of hydrogen-bond donors (Lipinski definition) is 2. The van der Waals surface area contributed by atoms with Crippen LogP contribution in [0.2, 0.25) is 0 Å². The van der Waals surface area contributed by atoms with Crippen molar-refractivity contribution < 1.29 is 4.79 Å². The number of nitrogens with zero attached hydrogens (tertiary/aromatic N) is 1. The summed E-state index contributed by atoms with van der Waals surface area (Å²) in [6, 6.07) is 5.55. The average Bonchev–Trinajstić information content (AvgIpc) is 3.09. The first kappa shape index (κ1) is 14.7. The lowest BCUT2D eigenvalue weighted by Crippen LogP contribution is -2.38. The van der Waals surface area contributed by atoms with Crippen molar-refractivity contribution in [2.75, 3.05) is 18.5 Å². The van der Waals surface area contributed by atoms with E-state index in [9.17, 15) is 4.79 Å². The molecule has 0 spiro atoms. The van der Waals surface area contributed by atoms with E-state index in [1.807, 2.05) is 30.0 Å². The third kappa shape index (κ3) is 3.01. The van der Waals surface area contributed by atoms with Gasteiger partial charge in [0.1, 0.15) is 0 Å². The lowest BCUT2D eigenvalue weighted by Gasteiger charge is -2.26. The van der Waals surface area contributed by atoms with Crippen molar-refractivity contribution in [3.05, 3.63) is 23.8 Å². The van der Waals surface area contributed by atoms with E-state index in [1.54, 1.807) is 0 Å². The molecule has 1 amide bonds. The van der Waals surface area contributed by atoms with E-state index < -0.39 is 0 Å². The molecule has 6 heteroatoms. The van der Waals surface area contributed by atoms with Crippen molar-refractivity contribution in [2.45, 2.75) is 30.4 Å². The minimum Gasteiger partial charge on any atom is -0.375 e. The van der Waals surface area contributed by atoms with Crippen molar-refractivity contribution in [3.8, 4) is 0 Å². The number of benzene rings is 1. The molecule has 1 aliphatic rings. The molecule has 1 heterocycles. The van der Waals surface area contributed by atoms with Crippen LogP contribution in [0, 0.1) is 0 Å². The fraction of sp³-hybridized carbons (Fsp3) is 0.467. The number of nitrogen functional groups attached to an aromatic ring is 1. The highest BCUT2D eigenvalue weighted by atomic mass is 32.2. The number of carbonyl (C=O) groups excluding carboxylic acids is 1. The lowest BCUT2D eigenvalue weighted by molar-refractivity contribution is 0.0950. The first-order valence-corrected chi connectivity index (χ1v) is 9.15. The van der Waals surface area contributed by atoms with Gasteiger partial charge in [-0.3, -0.25) is 4.79 Å². The summed E-state index contributed by atoms with van der Waals surface area (Å²) in [7, 11) is 0. The Hall–Kier alpha value is -1.27. The molecule has 1 aromatic carbocycles. The molecule has 4 nitrogen and oxygen atoms in total. The molecule has 1 fully saturated rings. The van der Waals surface area contributed by atoms with E-state index in [-0.39, 0.29) is 10.7 Å². The topological polar surface area (TPSA) is 68.0 Å². The van der Waals surface area contributed by atoms with Gasteiger partial charge in [0.05, 0.1) is 10.2 Å². The zero-order valence-corrected chi connectivity index (χ0v) is 13.6. The predicted molar refractivity (Wildman–Crippen MR) is 91.1 cm³/mol. The third-order valence-electron chi connectivity index (χ3n) is 4.19. The van der Waals surface area contributed by atoms with Crippen molar-refractivity contribution in [3.63, 3.8) is 0 Å². The number of thioether (sulfide) groups is 1. The van der Waals surface area contributed by atoms with Gasteiger partial charge >= 0.3 is 0 Å². The highest BCUT2D eigenvalue weighted by molar-refractivity contribution is 8.00. The van der Waals surface area contributed by atoms with E-state index in [0.29, 0.717) is 10.7 Å². The molecule has 0 aliphatic heterocycles. The second-order valence-corrected chi connectivity index (χ2v) is 7.85. The molecule has 0 radical (unpaired) electrons. The molecule has 0 saturated heterocycles. The maximum Gasteiger partial charge on any atom is 0.251 e. The van der Waals surface area contributed by atoms with Crippen LogP contribution in [0.15, 0.2) is 18.2 Å². The molecular formula is C15H19N3OS2. The first-order chi connectivity index (χ1) is 10.1. The molecule has 0 unspecified atom stereocenters. The predicted octanol–water partition coefficient (Wildman–Crippen LogP) is 3.28. The zero-order chi connectivity index (χ0) is 14.9. The fourth-order valence-corrected chi connectivity index (χ4v) is 4.59. The Labute approximate surface area is 132 Å². The van der Waals surface area contributed by atoms with Gasteiger partial charge in [-0.15, -0.1) is 0 Å². The van der Waals surface area contributed by atoms with Gasteiger partial charge in [-0.1, -0.05) is 24.2 Å². The smallest absolute Gasteiger partial charge is 0.251 e. The Bertz CT molecular complexity index is 662. The molecular weight excluding hydrogens is 302 g/mol. The minimum absolute atomic E-state index is 0.0100. The van der Waals surface area contributed by atoms with Crippen LogP contribution in [-0.4, -0.2) is 28.4 Å². The molecule has 1 saturated carbocycles. The number of nitrogens with two attached hydrogens (primary N) is 1. The highest BCUT2D eigenvalue weighted by Gasteiger charge is 2.33. The summed E-state index contributed by atoms with van der Waals surface area (Å²) in [5, 5.41) is 3.63. The molecule has 0 atom stereocenters. The summed E-state index contributed by atoms with van der Waals surface area (Å²) in [5.41, 5.74) is 7.23. The van der Waals surface area contributed by atoms with Gasteiger partial charge in [0, 0.05) is 16.9 Å². The van der Waals surface area contributed by atoms with Crippen molar-refractivity contribution in [1.29, 1.82) is 0 Å². The number of nitrogens with one attached hydrogen (secondary N) is 1. The number of fused-ring (bicyclic) bond motifs is 1. The van der Waals surface area contributed by atoms with Gasteiger partial charge < -0.3 is 11.1 Å². The number of aromatic nitrogens is 1. The van der Waals surface area contributed by atoms with E-state index in [0.717, 1.165) is 16.8 Å². The highest BCUT2D eigenvalue weighted by Crippen LogP contribution is 2.39. The van der Waals surface area contributed by atoms with Crippen LogP contribution in [0.1, 0.15) is 36.0 Å². The van der Waals surface area contributed by atoms with Crippen LogP contribution in [0.5, 0.6) is 0 Å². The molecule has 1 aromatic heterocycles. The molecule has 3 N–H and O–H groups in total. The minimum atomic E-state index is -0.0100. The van der Waals surface area contributed by atoms with E-state index in [2.05, 4.69) is 16.6 Å². The summed E-state index contributed by atoms with van der Waals surface area (Å²) in [5.74, 6) is -0.0100. The van der Waals surface area contributed by atoms with Gasteiger partial charge in [-0.25, -0.2) is 4.98 Å². The lowest BCUT2D eigenvalue weighted by atomic mass is 10.1. The molecule has 1 aliphatic carbocycles. The van der Waals surface area contributed by atoms with Crippen LogP contribution in [-0.2, 0) is 0 Å². The van der Waals surface area contributed by atoms with Crippen LogP contribution >= 0.6 is 23.1 Å². The standard InChI is InChI=1S/C15H19N3OS2/c1-20-15(6-2-3-7-15)9-17-13(19)10-4-5-11-12(8-10)21-14(16)18-11/h4-5,8H,2-3,6-7,9H2,1H3,(H2,16,18)(H,17,19). The van der Waals surface area contributed by atoms with Gasteiger partial charge in [-0.2, -0.15) is 11.8 Å². The first-order valence-electron chi connectivity index (χ1n) is 7.11. The molecule has 0 bridgehead atoms. The van der Waals surface area contributed by atoms with Crippen molar-refractivity contribution in [1.82, 2.24) is 10.3 Å². The number of rotatable bonds is 4. The number of carbonyl (C=O) groups is 1. The monoisotopic (exact) mass is 321 g/mol.